The van der Waals surface area contributed by atoms with Crippen LogP contribution in [0.15, 0.2) is 53.7 Å². The zero-order chi connectivity index (χ0) is 20.4. The summed E-state index contributed by atoms with van der Waals surface area (Å²) in [5.74, 6) is 0.368. The van der Waals surface area contributed by atoms with Crippen molar-refractivity contribution in [2.75, 3.05) is 10.7 Å². The van der Waals surface area contributed by atoms with Crippen molar-refractivity contribution >= 4 is 23.4 Å². The predicted octanol–water partition coefficient (Wildman–Crippen LogP) is 4.08. The third kappa shape index (κ3) is 3.98. The first-order chi connectivity index (χ1) is 14.1. The van der Waals surface area contributed by atoms with Crippen molar-refractivity contribution in [3.05, 3.63) is 71.3 Å². The number of thioether (sulfide) groups is 1. The highest BCUT2D eigenvalue weighted by atomic mass is 32.2. The molecule has 6 nitrogen and oxygen atoms in total. The van der Waals surface area contributed by atoms with E-state index in [1.54, 1.807) is 12.1 Å². The standard InChI is InChI=1S/C21H22FN5OS/c1-3-6-17-24-25-21-27(17)26-18(14-9-11-15(22)12-10-14)19(29-21)20(28)23-16-8-5-4-7-13(16)2/h4-5,7-12,18-19,26H,3,6H2,1-2H3,(H,23,28)/t18-,19-/m1/s1. The first-order valence-electron chi connectivity index (χ1n) is 9.56. The highest BCUT2D eigenvalue weighted by Crippen LogP contribution is 2.37. The number of carbonyl (C=O) groups is 1. The fraction of sp³-hybridized carbons (Fsp3) is 0.286. The minimum atomic E-state index is -0.494. The zero-order valence-corrected chi connectivity index (χ0v) is 17.0. The summed E-state index contributed by atoms with van der Waals surface area (Å²) in [4.78, 5) is 13.2. The molecule has 2 aromatic carbocycles. The van der Waals surface area contributed by atoms with Gasteiger partial charge in [0.2, 0.25) is 11.1 Å². The Kier molecular flexibility index (Phi) is 5.53. The molecule has 1 aliphatic rings. The van der Waals surface area contributed by atoms with E-state index in [2.05, 4.69) is 27.9 Å². The molecule has 0 saturated heterocycles. The van der Waals surface area contributed by atoms with Gasteiger partial charge in [-0.05, 0) is 42.7 Å². The molecule has 0 aliphatic carbocycles. The second kappa shape index (κ2) is 8.24. The number of anilines is 1. The monoisotopic (exact) mass is 411 g/mol. The Labute approximate surface area is 172 Å². The largest absolute Gasteiger partial charge is 0.325 e. The maximum absolute atomic E-state index is 13.5. The Bertz CT molecular complexity index is 1020. The first kappa shape index (κ1) is 19.4. The van der Waals surface area contributed by atoms with Crippen molar-refractivity contribution in [2.24, 2.45) is 0 Å². The predicted molar refractivity (Wildman–Crippen MR) is 112 cm³/mol. The molecule has 0 spiro atoms. The van der Waals surface area contributed by atoms with Crippen LogP contribution < -0.4 is 10.7 Å². The lowest BCUT2D eigenvalue weighted by atomic mass is 10.0. The van der Waals surface area contributed by atoms with E-state index in [1.165, 1.54) is 23.9 Å². The van der Waals surface area contributed by atoms with E-state index in [4.69, 9.17) is 0 Å². The zero-order valence-electron chi connectivity index (χ0n) is 16.2. The molecule has 150 valence electrons. The Hall–Kier alpha value is -2.87. The van der Waals surface area contributed by atoms with Crippen LogP contribution in [0.5, 0.6) is 0 Å². The molecule has 2 heterocycles. The Morgan fingerprint density at radius 2 is 1.97 bits per heavy atom. The number of benzene rings is 2. The molecular weight excluding hydrogens is 389 g/mol. The summed E-state index contributed by atoms with van der Waals surface area (Å²) in [5, 5.41) is 11.7. The molecule has 2 atom stereocenters. The van der Waals surface area contributed by atoms with E-state index in [-0.39, 0.29) is 17.8 Å². The van der Waals surface area contributed by atoms with Crippen LogP contribution in [0.25, 0.3) is 0 Å². The van der Waals surface area contributed by atoms with Gasteiger partial charge in [0.1, 0.15) is 11.1 Å². The SMILES string of the molecule is CCCc1nnc2n1N[C@H](c1ccc(F)cc1)[C@H](C(=O)Nc1ccccc1C)S2. The highest BCUT2D eigenvalue weighted by Gasteiger charge is 2.37. The number of fused-ring (bicyclic) bond motifs is 1. The molecular formula is C21H22FN5OS. The number of hydrogen-bond donors (Lipinski definition) is 2. The smallest absolute Gasteiger partial charge is 0.240 e. The Morgan fingerprint density at radius 3 is 2.69 bits per heavy atom. The Morgan fingerprint density at radius 1 is 1.21 bits per heavy atom. The number of nitrogens with one attached hydrogen (secondary N) is 2. The van der Waals surface area contributed by atoms with Crippen molar-refractivity contribution in [3.63, 3.8) is 0 Å². The number of aromatic nitrogens is 3. The normalized spacial score (nSPS) is 18.0. The van der Waals surface area contributed by atoms with Gasteiger partial charge >= 0.3 is 0 Å². The second-order valence-electron chi connectivity index (χ2n) is 6.99. The quantitative estimate of drug-likeness (QED) is 0.662. The average molecular weight is 412 g/mol. The number of nitrogens with zero attached hydrogens (tertiary/aromatic N) is 3. The van der Waals surface area contributed by atoms with Crippen molar-refractivity contribution in [1.82, 2.24) is 14.9 Å². The minimum absolute atomic E-state index is 0.141. The number of carbonyl (C=O) groups excluding carboxylic acids is 1. The molecule has 0 fully saturated rings. The van der Waals surface area contributed by atoms with Crippen LogP contribution in [-0.4, -0.2) is 26.0 Å². The van der Waals surface area contributed by atoms with E-state index >= 15 is 0 Å². The van der Waals surface area contributed by atoms with Gasteiger partial charge in [-0.3, -0.25) is 4.79 Å². The van der Waals surface area contributed by atoms with Crippen LogP contribution in [0.4, 0.5) is 10.1 Å². The summed E-state index contributed by atoms with van der Waals surface area (Å²) in [6, 6.07) is 13.5. The number of amides is 1. The molecule has 1 amide bonds. The summed E-state index contributed by atoms with van der Waals surface area (Å²) in [6.45, 7) is 4.03. The van der Waals surface area contributed by atoms with Crippen LogP contribution in [-0.2, 0) is 11.2 Å². The Balaban J connectivity index is 1.67. The van der Waals surface area contributed by atoms with E-state index in [9.17, 15) is 9.18 Å². The van der Waals surface area contributed by atoms with E-state index in [0.717, 1.165) is 35.5 Å². The van der Waals surface area contributed by atoms with Crippen LogP contribution in [0.3, 0.4) is 0 Å². The van der Waals surface area contributed by atoms with Gasteiger partial charge in [0.05, 0.1) is 6.04 Å². The van der Waals surface area contributed by atoms with Gasteiger partial charge in [-0.15, -0.1) is 10.2 Å². The molecule has 0 saturated carbocycles. The summed E-state index contributed by atoms with van der Waals surface area (Å²) in [7, 11) is 0. The van der Waals surface area contributed by atoms with Gasteiger partial charge in [0, 0.05) is 12.1 Å². The summed E-state index contributed by atoms with van der Waals surface area (Å²) in [6.07, 6.45) is 1.71. The van der Waals surface area contributed by atoms with Crippen molar-refractivity contribution < 1.29 is 9.18 Å². The van der Waals surface area contributed by atoms with Gasteiger partial charge in [-0.1, -0.05) is 49.0 Å². The minimum Gasteiger partial charge on any atom is -0.325 e. The number of rotatable bonds is 5. The molecule has 0 radical (unpaired) electrons. The lowest BCUT2D eigenvalue weighted by molar-refractivity contribution is -0.116. The maximum atomic E-state index is 13.5. The van der Waals surface area contributed by atoms with Crippen molar-refractivity contribution in [1.29, 1.82) is 0 Å². The summed E-state index contributed by atoms with van der Waals surface area (Å²) in [5.41, 5.74) is 5.97. The van der Waals surface area contributed by atoms with Crippen molar-refractivity contribution in [2.45, 2.75) is 43.1 Å². The topological polar surface area (TPSA) is 71.8 Å². The third-order valence-corrected chi connectivity index (χ3v) is 6.08. The summed E-state index contributed by atoms with van der Waals surface area (Å²) < 4.78 is 15.3. The lowest BCUT2D eigenvalue weighted by Crippen LogP contribution is -2.41. The molecule has 0 bridgehead atoms. The number of halogens is 1. The van der Waals surface area contributed by atoms with E-state index in [0.29, 0.717) is 5.16 Å². The molecule has 3 aromatic rings. The van der Waals surface area contributed by atoms with Gasteiger partial charge in [0.15, 0.2) is 5.82 Å². The number of hydrogen-bond acceptors (Lipinski definition) is 5. The molecule has 8 heteroatoms. The first-order valence-corrected chi connectivity index (χ1v) is 10.4. The van der Waals surface area contributed by atoms with Crippen LogP contribution >= 0.6 is 11.8 Å². The third-order valence-electron chi connectivity index (χ3n) is 4.87. The average Bonchev–Trinajstić information content (AvgIpc) is 3.11. The lowest BCUT2D eigenvalue weighted by Gasteiger charge is -2.33. The number of para-hydroxylation sites is 1. The van der Waals surface area contributed by atoms with E-state index < -0.39 is 5.25 Å². The molecule has 0 unspecified atom stereocenters. The van der Waals surface area contributed by atoms with Crippen LogP contribution in [0.2, 0.25) is 0 Å². The molecule has 1 aliphatic heterocycles. The molecule has 29 heavy (non-hydrogen) atoms. The van der Waals surface area contributed by atoms with Gasteiger partial charge in [-0.25, -0.2) is 9.07 Å². The molecule has 1 aromatic heterocycles. The van der Waals surface area contributed by atoms with Crippen LogP contribution in [0.1, 0.15) is 36.3 Å². The fourth-order valence-electron chi connectivity index (χ4n) is 3.32. The van der Waals surface area contributed by atoms with Crippen molar-refractivity contribution in [3.8, 4) is 0 Å². The second-order valence-corrected chi connectivity index (χ2v) is 8.09. The van der Waals surface area contributed by atoms with Gasteiger partial charge in [-0.2, -0.15) is 0 Å². The van der Waals surface area contributed by atoms with E-state index in [1.807, 2.05) is 35.9 Å². The summed E-state index contributed by atoms with van der Waals surface area (Å²) >= 11 is 1.37. The molecule has 4 rings (SSSR count). The fourth-order valence-corrected chi connectivity index (χ4v) is 4.42. The van der Waals surface area contributed by atoms with Gasteiger partial charge in [0.25, 0.3) is 0 Å². The van der Waals surface area contributed by atoms with Crippen LogP contribution in [0, 0.1) is 12.7 Å². The maximum Gasteiger partial charge on any atom is 0.240 e. The molecule has 2 N–H and O–H groups in total. The highest BCUT2D eigenvalue weighted by molar-refractivity contribution is 8.00. The van der Waals surface area contributed by atoms with Gasteiger partial charge < -0.3 is 10.7 Å². The number of aryl methyl sites for hydroxylation is 2.